The molecule has 17 heavy (non-hydrogen) atoms. The molecule has 0 aliphatic heterocycles. The minimum atomic E-state index is -0.173. The minimum absolute atomic E-state index is 0.173. The monoisotopic (exact) mass is 237 g/mol. The van der Waals surface area contributed by atoms with Gasteiger partial charge in [0.2, 0.25) is 0 Å². The quantitative estimate of drug-likeness (QED) is 0.433. The lowest BCUT2D eigenvalue weighted by Gasteiger charge is -2.06. The van der Waals surface area contributed by atoms with Gasteiger partial charge >= 0.3 is 0 Å². The molecule has 0 unspecified atom stereocenters. The first-order valence-electron chi connectivity index (χ1n) is 5.68. The number of nitrogens with two attached hydrogens (primary N) is 2. The Balaban J connectivity index is 2.41. The van der Waals surface area contributed by atoms with Gasteiger partial charge < -0.3 is 21.9 Å². The van der Waals surface area contributed by atoms with Gasteiger partial charge in [-0.25, -0.2) is 0 Å². The van der Waals surface area contributed by atoms with E-state index in [4.69, 9.17) is 16.6 Å². The van der Waals surface area contributed by atoms with Gasteiger partial charge in [0.25, 0.3) is 5.91 Å². The van der Waals surface area contributed by atoms with Crippen LogP contribution in [0.25, 0.3) is 0 Å². The van der Waals surface area contributed by atoms with Crippen molar-refractivity contribution in [2.75, 3.05) is 24.6 Å². The molecule has 0 bridgehead atoms. The predicted molar refractivity (Wildman–Crippen MR) is 68.5 cm³/mol. The van der Waals surface area contributed by atoms with E-state index in [1.807, 2.05) is 0 Å². The van der Waals surface area contributed by atoms with Crippen LogP contribution >= 0.6 is 0 Å². The predicted octanol–water partition coefficient (Wildman–Crippen LogP) is 0.743. The molecule has 0 saturated heterocycles. The highest BCUT2D eigenvalue weighted by Crippen LogP contribution is 2.13. The van der Waals surface area contributed by atoms with Gasteiger partial charge in [-0.15, -0.1) is 0 Å². The number of aliphatic hydroxyl groups excluding tert-OH is 1. The first kappa shape index (κ1) is 13.3. The van der Waals surface area contributed by atoms with Crippen LogP contribution in [0.4, 0.5) is 11.4 Å². The Kier molecular flexibility index (Phi) is 5.29. The number of amides is 1. The summed E-state index contributed by atoms with van der Waals surface area (Å²) in [6.45, 7) is 0.785. The van der Waals surface area contributed by atoms with Crippen molar-refractivity contribution >= 4 is 17.3 Å². The highest BCUT2D eigenvalue weighted by Gasteiger charge is 2.06. The second-order valence-electron chi connectivity index (χ2n) is 3.93. The number of unbranched alkanes of at least 4 members (excludes halogenated alkanes) is 2. The Hall–Kier alpha value is -1.75. The van der Waals surface area contributed by atoms with Crippen LogP contribution in [0.1, 0.15) is 29.6 Å². The van der Waals surface area contributed by atoms with Crippen LogP contribution < -0.4 is 16.8 Å². The molecule has 0 aliphatic carbocycles. The molecular weight excluding hydrogens is 218 g/mol. The lowest BCUT2D eigenvalue weighted by molar-refractivity contribution is 0.0953. The zero-order chi connectivity index (χ0) is 12.7. The van der Waals surface area contributed by atoms with Gasteiger partial charge in [0.05, 0.1) is 0 Å². The highest BCUT2D eigenvalue weighted by atomic mass is 16.2. The summed E-state index contributed by atoms with van der Waals surface area (Å²) in [6.07, 6.45) is 2.51. The van der Waals surface area contributed by atoms with Gasteiger partial charge in [0, 0.05) is 30.1 Å². The Morgan fingerprint density at radius 3 is 2.35 bits per heavy atom. The molecule has 94 valence electrons. The summed E-state index contributed by atoms with van der Waals surface area (Å²) in [5, 5.41) is 11.4. The van der Waals surface area contributed by atoms with Gasteiger partial charge in [0.15, 0.2) is 0 Å². The molecule has 0 aromatic heterocycles. The second kappa shape index (κ2) is 6.75. The lowest BCUT2D eigenvalue weighted by Crippen LogP contribution is -2.24. The Labute approximate surface area is 101 Å². The van der Waals surface area contributed by atoms with Crippen molar-refractivity contribution in [3.8, 4) is 0 Å². The molecule has 0 saturated carbocycles. The average molecular weight is 237 g/mol. The fourth-order valence-electron chi connectivity index (χ4n) is 1.53. The summed E-state index contributed by atoms with van der Waals surface area (Å²) in [7, 11) is 0. The van der Waals surface area contributed by atoms with Crippen LogP contribution in [-0.2, 0) is 0 Å². The first-order chi connectivity index (χ1) is 8.13. The van der Waals surface area contributed by atoms with Crippen molar-refractivity contribution < 1.29 is 9.90 Å². The molecular formula is C12H19N3O2. The van der Waals surface area contributed by atoms with Gasteiger partial charge in [-0.05, 0) is 37.5 Å². The van der Waals surface area contributed by atoms with E-state index in [2.05, 4.69) is 5.32 Å². The highest BCUT2D eigenvalue weighted by molar-refractivity contribution is 5.96. The normalized spacial score (nSPS) is 10.2. The maximum atomic E-state index is 11.7. The minimum Gasteiger partial charge on any atom is -0.399 e. The summed E-state index contributed by atoms with van der Waals surface area (Å²) in [4.78, 5) is 11.7. The fraction of sp³-hybridized carbons (Fsp3) is 0.417. The lowest BCUT2D eigenvalue weighted by atomic mass is 10.1. The van der Waals surface area contributed by atoms with Crippen LogP contribution in [0, 0.1) is 0 Å². The van der Waals surface area contributed by atoms with Crippen LogP contribution in [0.2, 0.25) is 0 Å². The molecule has 6 N–H and O–H groups in total. The first-order valence-corrected chi connectivity index (χ1v) is 5.68. The van der Waals surface area contributed by atoms with Gasteiger partial charge in [-0.2, -0.15) is 0 Å². The molecule has 0 heterocycles. The molecule has 5 heteroatoms. The van der Waals surface area contributed by atoms with Crippen LogP contribution in [0.5, 0.6) is 0 Å². The molecule has 0 radical (unpaired) electrons. The molecule has 0 atom stereocenters. The molecule has 0 fully saturated rings. The maximum Gasteiger partial charge on any atom is 0.251 e. The van der Waals surface area contributed by atoms with E-state index in [-0.39, 0.29) is 12.5 Å². The standard InChI is InChI=1S/C12H19N3O2/c13-10-6-9(7-11(14)8-10)12(17)15-4-2-1-3-5-16/h6-8,16H,1-5,13-14H2,(H,15,17). The zero-order valence-corrected chi connectivity index (χ0v) is 9.78. The topological polar surface area (TPSA) is 101 Å². The SMILES string of the molecule is Nc1cc(N)cc(C(=O)NCCCCCO)c1. The Morgan fingerprint density at radius 1 is 1.12 bits per heavy atom. The molecule has 1 rings (SSSR count). The average Bonchev–Trinajstić information content (AvgIpc) is 2.27. The number of benzene rings is 1. The summed E-state index contributed by atoms with van der Waals surface area (Å²) in [5.41, 5.74) is 12.6. The maximum absolute atomic E-state index is 11.7. The van der Waals surface area contributed by atoms with Crippen molar-refractivity contribution in [1.82, 2.24) is 5.32 Å². The van der Waals surface area contributed by atoms with E-state index in [1.54, 1.807) is 18.2 Å². The third-order valence-electron chi connectivity index (χ3n) is 2.36. The van der Waals surface area contributed by atoms with Crippen molar-refractivity contribution in [1.29, 1.82) is 0 Å². The van der Waals surface area contributed by atoms with Crippen molar-refractivity contribution in [2.24, 2.45) is 0 Å². The van der Waals surface area contributed by atoms with E-state index >= 15 is 0 Å². The zero-order valence-electron chi connectivity index (χ0n) is 9.78. The number of anilines is 2. The third kappa shape index (κ3) is 4.74. The number of hydrogen-bond donors (Lipinski definition) is 4. The summed E-state index contributed by atoms with van der Waals surface area (Å²) in [6, 6.07) is 4.80. The molecule has 1 aromatic carbocycles. The fourth-order valence-corrected chi connectivity index (χ4v) is 1.53. The Morgan fingerprint density at radius 2 is 1.76 bits per heavy atom. The summed E-state index contributed by atoms with van der Waals surface area (Å²) >= 11 is 0. The van der Waals surface area contributed by atoms with Crippen molar-refractivity contribution in [3.63, 3.8) is 0 Å². The van der Waals surface area contributed by atoms with Crippen LogP contribution in [0.3, 0.4) is 0 Å². The molecule has 5 nitrogen and oxygen atoms in total. The van der Waals surface area contributed by atoms with E-state index in [1.165, 1.54) is 0 Å². The number of nitrogen functional groups attached to an aromatic ring is 2. The smallest absolute Gasteiger partial charge is 0.251 e. The number of carbonyl (C=O) groups excluding carboxylic acids is 1. The summed E-state index contributed by atoms with van der Waals surface area (Å²) < 4.78 is 0. The van der Waals surface area contributed by atoms with Crippen molar-refractivity contribution in [2.45, 2.75) is 19.3 Å². The third-order valence-corrected chi connectivity index (χ3v) is 2.36. The second-order valence-corrected chi connectivity index (χ2v) is 3.93. The van der Waals surface area contributed by atoms with Gasteiger partial charge in [-0.1, -0.05) is 0 Å². The van der Waals surface area contributed by atoms with E-state index < -0.39 is 0 Å². The number of nitrogens with one attached hydrogen (secondary N) is 1. The van der Waals surface area contributed by atoms with Crippen LogP contribution in [0.15, 0.2) is 18.2 Å². The van der Waals surface area contributed by atoms with E-state index in [0.29, 0.717) is 23.5 Å². The number of carbonyl (C=O) groups is 1. The van der Waals surface area contributed by atoms with Crippen LogP contribution in [-0.4, -0.2) is 24.2 Å². The largest absolute Gasteiger partial charge is 0.399 e. The molecule has 1 amide bonds. The Bertz CT molecular complexity index is 360. The number of aliphatic hydroxyl groups is 1. The summed E-state index contributed by atoms with van der Waals surface area (Å²) in [5.74, 6) is -0.173. The molecule has 0 aliphatic rings. The van der Waals surface area contributed by atoms with Gasteiger partial charge in [-0.3, -0.25) is 4.79 Å². The number of hydrogen-bond acceptors (Lipinski definition) is 4. The van der Waals surface area contributed by atoms with E-state index in [0.717, 1.165) is 19.3 Å². The molecule has 0 spiro atoms. The van der Waals surface area contributed by atoms with Gasteiger partial charge in [0.1, 0.15) is 0 Å². The number of rotatable bonds is 6. The van der Waals surface area contributed by atoms with E-state index in [9.17, 15) is 4.79 Å². The van der Waals surface area contributed by atoms with Crippen molar-refractivity contribution in [3.05, 3.63) is 23.8 Å². The molecule has 1 aromatic rings.